The van der Waals surface area contributed by atoms with Gasteiger partial charge in [0.1, 0.15) is 0 Å². The first-order valence-electron chi connectivity index (χ1n) is 8.22. The number of rotatable bonds is 3. The number of fused-ring (bicyclic) bond motifs is 1. The van der Waals surface area contributed by atoms with Crippen LogP contribution in [0.1, 0.15) is 5.56 Å². The van der Waals surface area contributed by atoms with Crippen LogP contribution in [-0.4, -0.2) is 13.1 Å². The summed E-state index contributed by atoms with van der Waals surface area (Å²) in [4.78, 5) is 4.80. The van der Waals surface area contributed by atoms with Gasteiger partial charge in [-0.2, -0.15) is 0 Å². The quantitative estimate of drug-likeness (QED) is 0.624. The van der Waals surface area contributed by atoms with Crippen LogP contribution in [0.5, 0.6) is 0 Å². The highest BCUT2D eigenvalue weighted by Crippen LogP contribution is 2.38. The lowest BCUT2D eigenvalue weighted by Crippen LogP contribution is -2.38. The van der Waals surface area contributed by atoms with E-state index in [1.165, 1.54) is 16.9 Å². The van der Waals surface area contributed by atoms with Gasteiger partial charge in [-0.1, -0.05) is 60.1 Å². The summed E-state index contributed by atoms with van der Waals surface area (Å²) in [5.41, 5.74) is 4.99. The molecule has 0 aliphatic carbocycles. The molecule has 0 radical (unpaired) electrons. The molecule has 3 aromatic rings. The standard InChI is InChI=1S/C21H19ClN2/c22-18-9-6-10-19(15-18)24-14-13-23(16-17-7-2-1-3-8-17)20-11-4-5-12-21(20)24/h1-12,15H,13-14,16H2. The van der Waals surface area contributed by atoms with E-state index in [4.69, 9.17) is 11.6 Å². The largest absolute Gasteiger partial charge is 0.364 e. The van der Waals surface area contributed by atoms with Crippen molar-refractivity contribution in [1.29, 1.82) is 0 Å². The lowest BCUT2D eigenvalue weighted by molar-refractivity contribution is 0.750. The molecule has 0 saturated carbocycles. The summed E-state index contributed by atoms with van der Waals surface area (Å²) < 4.78 is 0. The van der Waals surface area contributed by atoms with Crippen LogP contribution in [0.25, 0.3) is 0 Å². The Bertz CT molecular complexity index is 832. The van der Waals surface area contributed by atoms with E-state index in [2.05, 4.69) is 70.5 Å². The molecule has 3 aromatic carbocycles. The number of para-hydroxylation sites is 2. The predicted octanol–water partition coefficient (Wildman–Crippen LogP) is 5.50. The first-order valence-corrected chi connectivity index (χ1v) is 8.60. The second-order valence-electron chi connectivity index (χ2n) is 6.03. The molecule has 0 saturated heterocycles. The van der Waals surface area contributed by atoms with Crippen molar-refractivity contribution >= 4 is 28.7 Å². The Morgan fingerprint density at radius 1 is 0.750 bits per heavy atom. The van der Waals surface area contributed by atoms with Crippen LogP contribution < -0.4 is 9.80 Å². The van der Waals surface area contributed by atoms with E-state index in [9.17, 15) is 0 Å². The molecule has 4 rings (SSSR count). The lowest BCUT2D eigenvalue weighted by atomic mass is 10.1. The van der Waals surface area contributed by atoms with Gasteiger partial charge in [0.05, 0.1) is 11.4 Å². The molecule has 1 heterocycles. The third kappa shape index (κ3) is 2.98. The molecule has 24 heavy (non-hydrogen) atoms. The van der Waals surface area contributed by atoms with Crippen molar-refractivity contribution in [3.63, 3.8) is 0 Å². The minimum absolute atomic E-state index is 0.775. The maximum Gasteiger partial charge on any atom is 0.0649 e. The highest BCUT2D eigenvalue weighted by Gasteiger charge is 2.23. The fourth-order valence-electron chi connectivity index (χ4n) is 3.30. The first-order chi connectivity index (χ1) is 11.8. The Labute approximate surface area is 147 Å². The van der Waals surface area contributed by atoms with Gasteiger partial charge < -0.3 is 9.80 Å². The van der Waals surface area contributed by atoms with Gasteiger partial charge in [0, 0.05) is 30.3 Å². The third-order valence-corrected chi connectivity index (χ3v) is 4.68. The van der Waals surface area contributed by atoms with Crippen LogP contribution >= 0.6 is 11.6 Å². The van der Waals surface area contributed by atoms with Gasteiger partial charge >= 0.3 is 0 Å². The van der Waals surface area contributed by atoms with E-state index in [1.807, 2.05) is 18.2 Å². The van der Waals surface area contributed by atoms with Crippen LogP contribution in [0.15, 0.2) is 78.9 Å². The van der Waals surface area contributed by atoms with Crippen molar-refractivity contribution in [1.82, 2.24) is 0 Å². The maximum atomic E-state index is 6.19. The number of hydrogen-bond acceptors (Lipinski definition) is 2. The van der Waals surface area contributed by atoms with Crippen LogP contribution in [0.3, 0.4) is 0 Å². The first kappa shape index (κ1) is 15.1. The van der Waals surface area contributed by atoms with Crippen molar-refractivity contribution in [2.45, 2.75) is 6.54 Å². The molecule has 0 atom stereocenters. The molecule has 0 fully saturated rings. The van der Waals surface area contributed by atoms with Crippen molar-refractivity contribution < 1.29 is 0 Å². The molecule has 2 nitrogen and oxygen atoms in total. The molecule has 0 amide bonds. The number of hydrogen-bond donors (Lipinski definition) is 0. The van der Waals surface area contributed by atoms with E-state index < -0.39 is 0 Å². The number of benzene rings is 3. The molecular formula is C21H19ClN2. The Kier molecular flexibility index (Phi) is 4.14. The van der Waals surface area contributed by atoms with Crippen molar-refractivity contribution in [2.24, 2.45) is 0 Å². The van der Waals surface area contributed by atoms with Gasteiger partial charge in [0.2, 0.25) is 0 Å². The Morgan fingerprint density at radius 2 is 1.50 bits per heavy atom. The summed E-state index contributed by atoms with van der Waals surface area (Å²) in [6, 6.07) is 27.3. The zero-order valence-corrected chi connectivity index (χ0v) is 14.2. The van der Waals surface area contributed by atoms with Gasteiger partial charge in [-0.25, -0.2) is 0 Å². The fraction of sp³-hybridized carbons (Fsp3) is 0.143. The SMILES string of the molecule is Clc1cccc(N2CCN(Cc3ccccc3)c3ccccc32)c1. The molecule has 0 bridgehead atoms. The fourth-order valence-corrected chi connectivity index (χ4v) is 3.49. The molecule has 0 N–H and O–H groups in total. The van der Waals surface area contributed by atoms with Gasteiger partial charge in [0.15, 0.2) is 0 Å². The molecule has 120 valence electrons. The van der Waals surface area contributed by atoms with E-state index in [-0.39, 0.29) is 0 Å². The van der Waals surface area contributed by atoms with E-state index in [0.717, 1.165) is 30.3 Å². The summed E-state index contributed by atoms with van der Waals surface area (Å²) in [5, 5.41) is 0.775. The maximum absolute atomic E-state index is 6.19. The molecule has 1 aliphatic rings. The minimum Gasteiger partial charge on any atom is -0.364 e. The van der Waals surface area contributed by atoms with Crippen LogP contribution in [0, 0.1) is 0 Å². The van der Waals surface area contributed by atoms with Crippen LogP contribution in [-0.2, 0) is 6.54 Å². The average Bonchev–Trinajstić information content (AvgIpc) is 2.63. The third-order valence-electron chi connectivity index (χ3n) is 4.44. The molecular weight excluding hydrogens is 316 g/mol. The Morgan fingerprint density at radius 3 is 2.29 bits per heavy atom. The highest BCUT2D eigenvalue weighted by molar-refractivity contribution is 6.30. The minimum atomic E-state index is 0.775. The summed E-state index contributed by atoms with van der Waals surface area (Å²) in [6.45, 7) is 2.86. The number of nitrogens with zero attached hydrogens (tertiary/aromatic N) is 2. The molecule has 0 unspecified atom stereocenters. The smallest absolute Gasteiger partial charge is 0.0649 e. The van der Waals surface area contributed by atoms with Crippen LogP contribution in [0.4, 0.5) is 17.1 Å². The highest BCUT2D eigenvalue weighted by atomic mass is 35.5. The van der Waals surface area contributed by atoms with Gasteiger partial charge in [-0.3, -0.25) is 0 Å². The second kappa shape index (κ2) is 6.58. The molecule has 0 spiro atoms. The molecule has 1 aliphatic heterocycles. The normalized spacial score (nSPS) is 13.7. The van der Waals surface area contributed by atoms with Crippen molar-refractivity contribution in [3.8, 4) is 0 Å². The molecule has 0 aromatic heterocycles. The van der Waals surface area contributed by atoms with Crippen molar-refractivity contribution in [2.75, 3.05) is 22.9 Å². The van der Waals surface area contributed by atoms with E-state index in [1.54, 1.807) is 0 Å². The zero-order valence-electron chi connectivity index (χ0n) is 13.4. The Balaban J connectivity index is 1.68. The van der Waals surface area contributed by atoms with Crippen molar-refractivity contribution in [3.05, 3.63) is 89.4 Å². The van der Waals surface area contributed by atoms with E-state index in [0.29, 0.717) is 0 Å². The molecule has 3 heteroatoms. The number of halogens is 1. The van der Waals surface area contributed by atoms with Gasteiger partial charge in [0.25, 0.3) is 0 Å². The second-order valence-corrected chi connectivity index (χ2v) is 6.46. The average molecular weight is 335 g/mol. The summed E-state index contributed by atoms with van der Waals surface area (Å²) in [6.07, 6.45) is 0. The summed E-state index contributed by atoms with van der Waals surface area (Å²) in [5.74, 6) is 0. The lowest BCUT2D eigenvalue weighted by Gasteiger charge is -2.39. The van der Waals surface area contributed by atoms with E-state index >= 15 is 0 Å². The topological polar surface area (TPSA) is 6.48 Å². The zero-order chi connectivity index (χ0) is 16.4. The van der Waals surface area contributed by atoms with Gasteiger partial charge in [-0.15, -0.1) is 0 Å². The van der Waals surface area contributed by atoms with Gasteiger partial charge in [-0.05, 0) is 35.9 Å². The number of anilines is 3. The predicted molar refractivity (Wildman–Crippen MR) is 102 cm³/mol. The monoisotopic (exact) mass is 334 g/mol. The Hall–Kier alpha value is -2.45. The summed E-state index contributed by atoms with van der Waals surface area (Å²) in [7, 11) is 0. The van der Waals surface area contributed by atoms with Crippen LogP contribution in [0.2, 0.25) is 5.02 Å². The summed E-state index contributed by atoms with van der Waals surface area (Å²) >= 11 is 6.19.